The number of benzene rings is 2. The van der Waals surface area contributed by atoms with Gasteiger partial charge in [0.15, 0.2) is 5.43 Å². The van der Waals surface area contributed by atoms with Gasteiger partial charge < -0.3 is 14.2 Å². The molecule has 8 nitrogen and oxygen atoms in total. The van der Waals surface area contributed by atoms with Crippen LogP contribution in [0, 0.1) is 10.1 Å². The van der Waals surface area contributed by atoms with Crippen molar-refractivity contribution in [3.8, 4) is 0 Å². The number of rotatable bonds is 7. The summed E-state index contributed by atoms with van der Waals surface area (Å²) in [6.45, 7) is 6.62. The number of hydrogen-bond acceptors (Lipinski definition) is 6. The number of carbonyl (C=O) groups is 1. The molecule has 0 saturated heterocycles. The first kappa shape index (κ1) is 22.0. The minimum atomic E-state index is -0.785. The van der Waals surface area contributed by atoms with Gasteiger partial charge in [0.1, 0.15) is 5.58 Å². The Morgan fingerprint density at radius 3 is 2.59 bits per heavy atom. The van der Waals surface area contributed by atoms with Crippen LogP contribution in [-0.2, 0) is 0 Å². The van der Waals surface area contributed by atoms with Crippen molar-refractivity contribution in [2.75, 3.05) is 26.2 Å². The lowest BCUT2D eigenvalue weighted by atomic mass is 9.98. The summed E-state index contributed by atoms with van der Waals surface area (Å²) in [7, 11) is 0. The van der Waals surface area contributed by atoms with Gasteiger partial charge in [-0.1, -0.05) is 37.6 Å². The summed E-state index contributed by atoms with van der Waals surface area (Å²) in [5, 5.41) is 12.0. The fourth-order valence-electron chi connectivity index (χ4n) is 4.17. The molecule has 1 aromatic heterocycles. The molecule has 1 aliphatic heterocycles. The number of fused-ring (bicyclic) bond motifs is 2. The van der Waals surface area contributed by atoms with Gasteiger partial charge in [0, 0.05) is 30.2 Å². The van der Waals surface area contributed by atoms with Gasteiger partial charge in [-0.3, -0.25) is 19.7 Å². The van der Waals surface area contributed by atoms with Crippen molar-refractivity contribution in [2.24, 2.45) is 0 Å². The highest BCUT2D eigenvalue weighted by Crippen LogP contribution is 2.39. The van der Waals surface area contributed by atoms with Crippen molar-refractivity contribution >= 4 is 34.2 Å². The zero-order valence-electron chi connectivity index (χ0n) is 17.7. The van der Waals surface area contributed by atoms with E-state index in [-0.39, 0.29) is 33.4 Å². The molecule has 1 aliphatic rings. The maximum atomic E-state index is 13.5. The number of halogens is 1. The predicted octanol–water partition coefficient (Wildman–Crippen LogP) is 4.24. The van der Waals surface area contributed by atoms with Crippen molar-refractivity contribution in [2.45, 2.75) is 19.9 Å². The maximum absolute atomic E-state index is 13.5. The second-order valence-corrected chi connectivity index (χ2v) is 8.03. The molecule has 32 heavy (non-hydrogen) atoms. The molecule has 9 heteroatoms. The standard InChI is InChI=1S/C23H22ClN3O5/c1-3-25(4-2)10-11-26-20(14-6-5-7-16(12-14)27(30)31)19-21(28)17-13-15(24)8-9-18(17)32-22(19)23(26)29/h5-9,12-13,20H,3-4,10-11H2,1-2H3/t20-/m1/s1. The van der Waals surface area contributed by atoms with Crippen LogP contribution in [-0.4, -0.2) is 46.8 Å². The molecule has 0 N–H and O–H groups in total. The highest BCUT2D eigenvalue weighted by atomic mass is 35.5. The molecule has 2 heterocycles. The summed E-state index contributed by atoms with van der Waals surface area (Å²) < 4.78 is 5.87. The molecule has 0 radical (unpaired) electrons. The zero-order valence-corrected chi connectivity index (χ0v) is 18.5. The minimum absolute atomic E-state index is 0.0270. The molecular weight excluding hydrogens is 434 g/mol. The SMILES string of the molecule is CCN(CC)CCN1C(=O)c2oc3ccc(Cl)cc3c(=O)c2[C@H]1c1cccc([N+](=O)[O-])c1. The van der Waals surface area contributed by atoms with Crippen LogP contribution >= 0.6 is 11.6 Å². The molecule has 0 unspecified atom stereocenters. The van der Waals surface area contributed by atoms with Crippen LogP contribution in [0.4, 0.5) is 5.69 Å². The Labute approximate surface area is 189 Å². The molecular formula is C23H22ClN3O5. The summed E-state index contributed by atoms with van der Waals surface area (Å²) in [4.78, 5) is 41.4. The van der Waals surface area contributed by atoms with Crippen molar-refractivity contribution in [1.29, 1.82) is 0 Å². The summed E-state index contributed by atoms with van der Waals surface area (Å²) in [6.07, 6.45) is 0. The summed E-state index contributed by atoms with van der Waals surface area (Å²) in [5.74, 6) is -0.432. The van der Waals surface area contributed by atoms with Crippen LogP contribution < -0.4 is 5.43 Å². The lowest BCUT2D eigenvalue weighted by molar-refractivity contribution is -0.384. The third-order valence-corrected chi connectivity index (χ3v) is 6.11. The Hall–Kier alpha value is -3.23. The van der Waals surface area contributed by atoms with E-state index >= 15 is 0 Å². The highest BCUT2D eigenvalue weighted by Gasteiger charge is 2.43. The molecule has 0 bridgehead atoms. The Balaban J connectivity index is 1.90. The van der Waals surface area contributed by atoms with E-state index in [1.807, 2.05) is 13.8 Å². The first-order chi connectivity index (χ1) is 15.3. The van der Waals surface area contributed by atoms with Crippen LogP contribution in [0.5, 0.6) is 0 Å². The molecule has 0 spiro atoms. The molecule has 2 aromatic carbocycles. The monoisotopic (exact) mass is 455 g/mol. The van der Waals surface area contributed by atoms with Crippen LogP contribution in [0.3, 0.4) is 0 Å². The third-order valence-electron chi connectivity index (χ3n) is 5.88. The first-order valence-corrected chi connectivity index (χ1v) is 10.8. The quantitative estimate of drug-likeness (QED) is 0.390. The van der Waals surface area contributed by atoms with E-state index in [1.54, 1.807) is 29.2 Å². The van der Waals surface area contributed by atoms with Gasteiger partial charge in [0.2, 0.25) is 5.76 Å². The summed E-state index contributed by atoms with van der Waals surface area (Å²) >= 11 is 6.09. The fourth-order valence-corrected chi connectivity index (χ4v) is 4.34. The summed E-state index contributed by atoms with van der Waals surface area (Å²) in [5.41, 5.74) is 0.471. The second kappa shape index (κ2) is 8.72. The molecule has 166 valence electrons. The van der Waals surface area contributed by atoms with Gasteiger partial charge in [0.25, 0.3) is 11.6 Å². The van der Waals surface area contributed by atoms with Crippen LogP contribution in [0.2, 0.25) is 5.02 Å². The molecule has 4 rings (SSSR count). The predicted molar refractivity (Wildman–Crippen MR) is 121 cm³/mol. The highest BCUT2D eigenvalue weighted by molar-refractivity contribution is 6.31. The van der Waals surface area contributed by atoms with Crippen molar-refractivity contribution < 1.29 is 14.1 Å². The molecule has 0 saturated carbocycles. The second-order valence-electron chi connectivity index (χ2n) is 7.59. The van der Waals surface area contributed by atoms with Gasteiger partial charge in [0.05, 0.1) is 21.9 Å². The largest absolute Gasteiger partial charge is 0.450 e. The van der Waals surface area contributed by atoms with E-state index < -0.39 is 16.9 Å². The normalized spacial score (nSPS) is 15.6. The van der Waals surface area contributed by atoms with Crippen molar-refractivity contribution in [3.63, 3.8) is 0 Å². The number of hydrogen-bond donors (Lipinski definition) is 0. The average Bonchev–Trinajstić information content (AvgIpc) is 3.07. The van der Waals surface area contributed by atoms with Crippen molar-refractivity contribution in [3.05, 3.63) is 84.7 Å². The zero-order chi connectivity index (χ0) is 23.0. The van der Waals surface area contributed by atoms with Gasteiger partial charge in [-0.15, -0.1) is 0 Å². The van der Waals surface area contributed by atoms with Gasteiger partial charge in [-0.25, -0.2) is 0 Å². The number of non-ortho nitro benzene ring substituents is 1. The minimum Gasteiger partial charge on any atom is -0.450 e. The van der Waals surface area contributed by atoms with Crippen LogP contribution in [0.15, 0.2) is 51.7 Å². The molecule has 0 aliphatic carbocycles. The molecule has 3 aromatic rings. The molecule has 1 amide bonds. The number of nitrogens with zero attached hydrogens (tertiary/aromatic N) is 3. The van der Waals surface area contributed by atoms with E-state index in [0.29, 0.717) is 23.7 Å². The topological polar surface area (TPSA) is 96.9 Å². The third kappa shape index (κ3) is 3.76. The lowest BCUT2D eigenvalue weighted by Gasteiger charge is -2.28. The molecule has 0 fully saturated rings. The van der Waals surface area contributed by atoms with Gasteiger partial charge in [-0.2, -0.15) is 0 Å². The Bertz CT molecular complexity index is 1270. The van der Waals surface area contributed by atoms with Gasteiger partial charge in [-0.05, 0) is 36.9 Å². The number of likely N-dealkylation sites (N-methyl/N-ethyl adjacent to an activating group) is 1. The van der Waals surface area contributed by atoms with Crippen molar-refractivity contribution in [1.82, 2.24) is 9.80 Å². The Morgan fingerprint density at radius 1 is 1.16 bits per heavy atom. The van der Waals surface area contributed by atoms with E-state index in [9.17, 15) is 19.7 Å². The lowest BCUT2D eigenvalue weighted by Crippen LogP contribution is -2.37. The number of amides is 1. The molecule has 1 atom stereocenters. The van der Waals surface area contributed by atoms with E-state index in [0.717, 1.165) is 13.1 Å². The number of carbonyl (C=O) groups excluding carboxylic acids is 1. The smallest absolute Gasteiger partial charge is 0.290 e. The van der Waals surface area contributed by atoms with Gasteiger partial charge >= 0.3 is 0 Å². The first-order valence-electron chi connectivity index (χ1n) is 10.4. The number of nitro benzene ring substituents is 1. The number of nitro groups is 1. The summed E-state index contributed by atoms with van der Waals surface area (Å²) in [6, 6.07) is 9.90. The maximum Gasteiger partial charge on any atom is 0.290 e. The average molecular weight is 456 g/mol. The van der Waals surface area contributed by atoms with E-state index in [4.69, 9.17) is 16.0 Å². The fraction of sp³-hybridized carbons (Fsp3) is 0.304. The van der Waals surface area contributed by atoms with E-state index in [2.05, 4.69) is 4.90 Å². The Kier molecular flexibility index (Phi) is 5.99. The van der Waals surface area contributed by atoms with Crippen LogP contribution in [0.25, 0.3) is 11.0 Å². The van der Waals surface area contributed by atoms with E-state index in [1.165, 1.54) is 18.2 Å². The Morgan fingerprint density at radius 2 is 1.91 bits per heavy atom. The van der Waals surface area contributed by atoms with Crippen LogP contribution in [0.1, 0.15) is 41.6 Å².